The molecule has 5 nitrogen and oxygen atoms in total. The van der Waals surface area contributed by atoms with Crippen LogP contribution in [0, 0.1) is 0 Å². The Morgan fingerprint density at radius 3 is 2.20 bits per heavy atom. The molecule has 3 aromatic carbocycles. The molecule has 158 valence electrons. The maximum absolute atomic E-state index is 11.7. The van der Waals surface area contributed by atoms with E-state index in [1.165, 1.54) is 0 Å². The summed E-state index contributed by atoms with van der Waals surface area (Å²) in [6.45, 7) is 0.766. The summed E-state index contributed by atoms with van der Waals surface area (Å²) in [5.74, 6) is 0.511. The number of hydrogen-bond donors (Lipinski definition) is 2. The first-order valence-corrected chi connectivity index (χ1v) is 11.3. The second-order valence-electron chi connectivity index (χ2n) is 6.81. The molecule has 2 unspecified atom stereocenters. The molecule has 3 aromatic rings. The van der Waals surface area contributed by atoms with Gasteiger partial charge >= 0.3 is 0 Å². The second kappa shape index (κ2) is 11.1. The van der Waals surface area contributed by atoms with Crippen molar-refractivity contribution in [1.82, 2.24) is 0 Å². The predicted molar refractivity (Wildman–Crippen MR) is 121 cm³/mol. The topological polar surface area (TPSA) is 70.0 Å². The first-order valence-electron chi connectivity index (χ1n) is 9.48. The zero-order valence-corrected chi connectivity index (χ0v) is 17.9. The number of halogens is 1. The number of nitrogens with zero attached hydrogens (tertiary/aromatic N) is 1. The van der Waals surface area contributed by atoms with Gasteiger partial charge in [-0.25, -0.2) is 4.21 Å². The van der Waals surface area contributed by atoms with E-state index in [1.807, 2.05) is 60.7 Å². The van der Waals surface area contributed by atoms with Gasteiger partial charge in [0.15, 0.2) is 11.1 Å². The number of anilines is 1. The van der Waals surface area contributed by atoms with E-state index in [1.54, 1.807) is 23.1 Å². The average molecular weight is 446 g/mol. The summed E-state index contributed by atoms with van der Waals surface area (Å²) in [7, 11) is 0. The lowest BCUT2D eigenvalue weighted by molar-refractivity contribution is 0.202. The van der Waals surface area contributed by atoms with Crippen molar-refractivity contribution >= 4 is 28.4 Å². The normalized spacial score (nSPS) is 12.9. The fourth-order valence-corrected chi connectivity index (χ4v) is 3.75. The molecular formula is C23H24ClNO4S. The largest absolute Gasteiger partial charge is 0.487 e. The van der Waals surface area contributed by atoms with Gasteiger partial charge in [0.05, 0.1) is 17.7 Å². The summed E-state index contributed by atoms with van der Waals surface area (Å²) >= 11 is 3.77. The standard InChI is InChI=1S/C23H24ClNO4S/c24-14-22(26)20-11-12-23(29-16-19-9-5-2-6-10-19)21(13-20)25(17-30(27)28)15-18-7-3-1-4-8-18/h1-13,22,26H,14-17H2,(H,27,28). The second-order valence-corrected chi connectivity index (χ2v) is 8.02. The highest BCUT2D eigenvalue weighted by Crippen LogP contribution is 2.34. The summed E-state index contributed by atoms with van der Waals surface area (Å²) in [5, 5.41) is 10.2. The fourth-order valence-electron chi connectivity index (χ4n) is 3.07. The van der Waals surface area contributed by atoms with Crippen molar-refractivity contribution in [2.75, 3.05) is 16.7 Å². The predicted octanol–water partition coefficient (Wildman–Crippen LogP) is 4.72. The minimum atomic E-state index is -2.06. The van der Waals surface area contributed by atoms with Gasteiger partial charge in [0, 0.05) is 6.54 Å². The minimum absolute atomic E-state index is 0.0499. The van der Waals surface area contributed by atoms with Crippen LogP contribution in [-0.2, 0) is 24.2 Å². The van der Waals surface area contributed by atoms with Crippen LogP contribution in [0.5, 0.6) is 5.75 Å². The highest BCUT2D eigenvalue weighted by atomic mass is 35.5. The van der Waals surface area contributed by atoms with Crippen molar-refractivity contribution in [3.63, 3.8) is 0 Å². The van der Waals surface area contributed by atoms with E-state index >= 15 is 0 Å². The highest BCUT2D eigenvalue weighted by molar-refractivity contribution is 7.79. The maximum atomic E-state index is 11.7. The van der Waals surface area contributed by atoms with E-state index in [0.717, 1.165) is 11.1 Å². The van der Waals surface area contributed by atoms with Crippen LogP contribution < -0.4 is 9.64 Å². The molecule has 0 radical (unpaired) electrons. The first kappa shape index (κ1) is 22.3. The number of alkyl halides is 1. The van der Waals surface area contributed by atoms with Crippen molar-refractivity contribution in [2.45, 2.75) is 19.3 Å². The number of ether oxygens (including phenoxy) is 1. The Balaban J connectivity index is 1.95. The fraction of sp³-hybridized carbons (Fsp3) is 0.217. The Morgan fingerprint density at radius 1 is 0.967 bits per heavy atom. The molecule has 0 heterocycles. The monoisotopic (exact) mass is 445 g/mol. The minimum Gasteiger partial charge on any atom is -0.487 e. The summed E-state index contributed by atoms with van der Waals surface area (Å²) in [4.78, 5) is 1.77. The Kier molecular flexibility index (Phi) is 8.28. The van der Waals surface area contributed by atoms with Crippen LogP contribution in [0.3, 0.4) is 0 Å². The van der Waals surface area contributed by atoms with Crippen molar-refractivity contribution in [1.29, 1.82) is 0 Å². The Hall–Kier alpha value is -2.38. The van der Waals surface area contributed by atoms with E-state index in [-0.39, 0.29) is 11.8 Å². The van der Waals surface area contributed by atoms with Crippen LogP contribution >= 0.6 is 11.6 Å². The molecule has 2 N–H and O–H groups in total. The lowest BCUT2D eigenvalue weighted by Crippen LogP contribution is -2.27. The highest BCUT2D eigenvalue weighted by Gasteiger charge is 2.18. The van der Waals surface area contributed by atoms with Crippen molar-refractivity contribution in [2.24, 2.45) is 0 Å². The van der Waals surface area contributed by atoms with E-state index in [0.29, 0.717) is 30.2 Å². The smallest absolute Gasteiger partial charge is 0.173 e. The SMILES string of the molecule is O=S(O)CN(Cc1ccccc1)c1cc(C(O)CCl)ccc1OCc1ccccc1. The van der Waals surface area contributed by atoms with Gasteiger partial charge in [-0.3, -0.25) is 0 Å². The molecule has 0 aromatic heterocycles. The number of aliphatic hydroxyl groups is 1. The van der Waals surface area contributed by atoms with Crippen LogP contribution in [-0.4, -0.2) is 25.6 Å². The Labute approximate surface area is 184 Å². The number of hydrogen-bond acceptors (Lipinski definition) is 4. The summed E-state index contributed by atoms with van der Waals surface area (Å²) < 4.78 is 27.4. The van der Waals surface area contributed by atoms with E-state index in [2.05, 4.69) is 0 Å². The molecule has 0 aliphatic heterocycles. The summed E-state index contributed by atoms with van der Waals surface area (Å²) in [6.07, 6.45) is -0.841. The molecule has 0 bridgehead atoms. The molecule has 0 aliphatic carbocycles. The maximum Gasteiger partial charge on any atom is 0.173 e. The van der Waals surface area contributed by atoms with Gasteiger partial charge in [-0.2, -0.15) is 0 Å². The molecular weight excluding hydrogens is 422 g/mol. The van der Waals surface area contributed by atoms with E-state index in [4.69, 9.17) is 16.3 Å². The van der Waals surface area contributed by atoms with E-state index in [9.17, 15) is 13.9 Å². The molecule has 0 spiro atoms. The molecule has 0 aliphatic rings. The van der Waals surface area contributed by atoms with Gasteiger partial charge in [-0.1, -0.05) is 66.7 Å². The Morgan fingerprint density at radius 2 is 1.60 bits per heavy atom. The van der Waals surface area contributed by atoms with E-state index < -0.39 is 17.2 Å². The third kappa shape index (κ3) is 6.31. The molecule has 0 fully saturated rings. The summed E-state index contributed by atoms with van der Waals surface area (Å²) in [5.41, 5.74) is 3.24. The van der Waals surface area contributed by atoms with Crippen LogP contribution in [0.4, 0.5) is 5.69 Å². The molecule has 0 saturated heterocycles. The molecule has 3 rings (SSSR count). The van der Waals surface area contributed by atoms with Gasteiger partial charge in [0.1, 0.15) is 18.2 Å². The van der Waals surface area contributed by atoms with Crippen LogP contribution in [0.25, 0.3) is 0 Å². The third-order valence-corrected chi connectivity index (χ3v) is 5.40. The number of rotatable bonds is 10. The molecule has 0 saturated carbocycles. The first-order chi connectivity index (χ1) is 14.6. The molecule has 7 heteroatoms. The summed E-state index contributed by atoms with van der Waals surface area (Å²) in [6, 6.07) is 24.7. The van der Waals surface area contributed by atoms with Crippen molar-refractivity contribution in [3.8, 4) is 5.75 Å². The lowest BCUT2D eigenvalue weighted by atomic mass is 10.1. The van der Waals surface area contributed by atoms with Crippen LogP contribution in [0.15, 0.2) is 78.9 Å². The van der Waals surface area contributed by atoms with Crippen LogP contribution in [0.2, 0.25) is 0 Å². The molecule has 0 amide bonds. The van der Waals surface area contributed by atoms with Gasteiger partial charge in [-0.05, 0) is 28.8 Å². The van der Waals surface area contributed by atoms with Gasteiger partial charge in [0.25, 0.3) is 0 Å². The zero-order valence-electron chi connectivity index (χ0n) is 16.4. The average Bonchev–Trinajstić information content (AvgIpc) is 2.77. The van der Waals surface area contributed by atoms with Crippen molar-refractivity contribution < 1.29 is 18.6 Å². The Bertz CT molecular complexity index is 956. The molecule has 30 heavy (non-hydrogen) atoms. The van der Waals surface area contributed by atoms with Crippen molar-refractivity contribution in [3.05, 3.63) is 95.6 Å². The van der Waals surface area contributed by atoms with Gasteiger partial charge in [0.2, 0.25) is 0 Å². The van der Waals surface area contributed by atoms with Gasteiger partial charge in [-0.15, -0.1) is 11.6 Å². The number of benzene rings is 3. The van der Waals surface area contributed by atoms with Gasteiger partial charge < -0.3 is 19.3 Å². The third-order valence-electron chi connectivity index (χ3n) is 4.57. The molecule has 2 atom stereocenters. The quantitative estimate of drug-likeness (QED) is 0.349. The lowest BCUT2D eigenvalue weighted by Gasteiger charge is -2.27. The number of aliphatic hydroxyl groups excluding tert-OH is 1. The zero-order chi connectivity index (χ0) is 21.3. The van der Waals surface area contributed by atoms with Crippen LogP contribution in [0.1, 0.15) is 22.8 Å².